The smallest absolute Gasteiger partial charge is 0.0708 e. The van der Waals surface area contributed by atoms with Crippen molar-refractivity contribution < 1.29 is 0 Å². The van der Waals surface area contributed by atoms with Crippen LogP contribution in [-0.2, 0) is 0 Å². The van der Waals surface area contributed by atoms with Gasteiger partial charge in [0.05, 0.1) is 22.1 Å². The fourth-order valence-electron chi connectivity index (χ4n) is 4.87. The van der Waals surface area contributed by atoms with Gasteiger partial charge < -0.3 is 4.40 Å². The molecule has 134 valence electrons. The molecular weight excluding hydrogens is 352 g/mol. The Kier molecular flexibility index (Phi) is 2.77. The van der Waals surface area contributed by atoms with E-state index in [9.17, 15) is 0 Å². The van der Waals surface area contributed by atoms with Gasteiger partial charge in [-0.15, -0.1) is 0 Å². The molecule has 0 amide bonds. The summed E-state index contributed by atoms with van der Waals surface area (Å²) in [4.78, 5) is 4.60. The summed E-state index contributed by atoms with van der Waals surface area (Å²) in [6.07, 6.45) is 1.87. The lowest BCUT2D eigenvalue weighted by molar-refractivity contribution is 1.35. The molecule has 4 aromatic carbocycles. The molecule has 0 spiro atoms. The quantitative estimate of drug-likeness (QED) is 0.206. The second-order valence-electron chi connectivity index (χ2n) is 7.70. The van der Waals surface area contributed by atoms with Gasteiger partial charge in [-0.25, -0.2) is 0 Å². The van der Waals surface area contributed by atoms with Crippen molar-refractivity contribution >= 4 is 59.8 Å². The van der Waals surface area contributed by atoms with Gasteiger partial charge in [0, 0.05) is 27.7 Å². The van der Waals surface area contributed by atoms with Crippen LogP contribution in [0.15, 0.2) is 97.2 Å². The van der Waals surface area contributed by atoms with Crippen molar-refractivity contribution in [1.82, 2.24) is 9.38 Å². The van der Waals surface area contributed by atoms with E-state index in [0.717, 1.165) is 5.52 Å². The number of fused-ring (bicyclic) bond motifs is 11. The highest BCUT2D eigenvalue weighted by Gasteiger charge is 2.14. The maximum atomic E-state index is 4.60. The molecule has 0 bridgehead atoms. The highest BCUT2D eigenvalue weighted by Crippen LogP contribution is 2.37. The number of para-hydroxylation sites is 1. The van der Waals surface area contributed by atoms with Crippen molar-refractivity contribution in [3.63, 3.8) is 0 Å². The zero-order chi connectivity index (χ0) is 18.9. The van der Waals surface area contributed by atoms with Crippen molar-refractivity contribution in [2.24, 2.45) is 0 Å². The molecular formula is C27H16N2. The predicted molar refractivity (Wildman–Crippen MR) is 123 cm³/mol. The Morgan fingerprint density at radius 3 is 2.21 bits per heavy atom. The average molecular weight is 368 g/mol. The first-order valence-electron chi connectivity index (χ1n) is 9.91. The number of nitrogens with zero attached hydrogens (tertiary/aromatic N) is 2. The lowest BCUT2D eigenvalue weighted by Gasteiger charge is -2.11. The van der Waals surface area contributed by atoms with E-state index >= 15 is 0 Å². The normalized spacial score (nSPS) is 12.1. The van der Waals surface area contributed by atoms with Gasteiger partial charge in [-0.3, -0.25) is 4.98 Å². The highest BCUT2D eigenvalue weighted by molar-refractivity contribution is 6.20. The third kappa shape index (κ3) is 1.93. The number of hydrogen-bond acceptors (Lipinski definition) is 1. The van der Waals surface area contributed by atoms with Crippen molar-refractivity contribution in [1.29, 1.82) is 0 Å². The van der Waals surface area contributed by atoms with E-state index < -0.39 is 0 Å². The van der Waals surface area contributed by atoms with E-state index in [4.69, 9.17) is 0 Å². The number of aromatic nitrogens is 2. The molecule has 0 fully saturated rings. The van der Waals surface area contributed by atoms with E-state index in [1.54, 1.807) is 0 Å². The number of rotatable bonds is 0. The maximum absolute atomic E-state index is 4.60. The summed E-state index contributed by atoms with van der Waals surface area (Å²) >= 11 is 0. The molecule has 0 aliphatic heterocycles. The fourth-order valence-corrected chi connectivity index (χ4v) is 4.87. The summed E-state index contributed by atoms with van der Waals surface area (Å²) in [6.45, 7) is 0. The van der Waals surface area contributed by atoms with Crippen LogP contribution in [0, 0.1) is 0 Å². The van der Waals surface area contributed by atoms with Crippen LogP contribution < -0.4 is 0 Å². The fraction of sp³-hybridized carbons (Fsp3) is 0. The van der Waals surface area contributed by atoms with Gasteiger partial charge in [-0.2, -0.15) is 0 Å². The minimum atomic E-state index is 1.04. The van der Waals surface area contributed by atoms with Crippen molar-refractivity contribution in [2.75, 3.05) is 0 Å². The lowest BCUT2D eigenvalue weighted by Crippen LogP contribution is -1.91. The number of benzene rings is 4. The Morgan fingerprint density at radius 1 is 0.483 bits per heavy atom. The zero-order valence-corrected chi connectivity index (χ0v) is 15.6. The van der Waals surface area contributed by atoms with Gasteiger partial charge in [0.1, 0.15) is 0 Å². The highest BCUT2D eigenvalue weighted by atomic mass is 14.9. The third-order valence-electron chi connectivity index (χ3n) is 6.16. The Morgan fingerprint density at radius 2 is 1.24 bits per heavy atom. The van der Waals surface area contributed by atoms with E-state index in [1.165, 1.54) is 54.3 Å². The molecule has 0 unspecified atom stereocenters. The van der Waals surface area contributed by atoms with Gasteiger partial charge >= 0.3 is 0 Å². The molecule has 0 atom stereocenters. The molecule has 7 rings (SSSR count). The summed E-state index contributed by atoms with van der Waals surface area (Å²) in [5, 5.41) is 8.83. The van der Waals surface area contributed by atoms with Crippen molar-refractivity contribution in [2.45, 2.75) is 0 Å². The van der Waals surface area contributed by atoms with Crippen LogP contribution in [0.25, 0.3) is 59.8 Å². The first kappa shape index (κ1) is 15.1. The topological polar surface area (TPSA) is 17.3 Å². The van der Waals surface area contributed by atoms with Gasteiger partial charge in [0.2, 0.25) is 0 Å². The Labute approximate surface area is 166 Å². The monoisotopic (exact) mass is 368 g/mol. The largest absolute Gasteiger partial charge is 0.309 e. The SMILES string of the molecule is c1cnc2cc3c4ccccc4n4c5ccc6ccccc6c5cc4c3cc2c1. The van der Waals surface area contributed by atoms with Crippen LogP contribution in [0.1, 0.15) is 0 Å². The first-order chi connectivity index (χ1) is 14.4. The molecule has 3 heterocycles. The van der Waals surface area contributed by atoms with Crippen LogP contribution in [0.3, 0.4) is 0 Å². The van der Waals surface area contributed by atoms with Gasteiger partial charge in [-0.05, 0) is 52.6 Å². The third-order valence-corrected chi connectivity index (χ3v) is 6.16. The molecule has 0 N–H and O–H groups in total. The molecule has 0 radical (unpaired) electrons. The first-order valence-corrected chi connectivity index (χ1v) is 9.91. The minimum absolute atomic E-state index is 1.04. The molecule has 7 aromatic rings. The molecule has 0 saturated carbocycles. The molecule has 0 aliphatic rings. The van der Waals surface area contributed by atoms with Crippen LogP contribution >= 0.6 is 0 Å². The molecule has 3 aromatic heterocycles. The second-order valence-corrected chi connectivity index (χ2v) is 7.70. The van der Waals surface area contributed by atoms with Gasteiger partial charge in [-0.1, -0.05) is 54.6 Å². The van der Waals surface area contributed by atoms with Crippen LogP contribution in [0.4, 0.5) is 0 Å². The maximum Gasteiger partial charge on any atom is 0.0708 e. The number of hydrogen-bond donors (Lipinski definition) is 0. The Hall–Kier alpha value is -3.91. The van der Waals surface area contributed by atoms with E-state index in [0.29, 0.717) is 0 Å². The molecule has 2 heteroatoms. The van der Waals surface area contributed by atoms with Crippen molar-refractivity contribution in [3.05, 3.63) is 97.2 Å². The Balaban J connectivity index is 1.84. The summed E-state index contributed by atoms with van der Waals surface area (Å²) in [7, 11) is 0. The van der Waals surface area contributed by atoms with Crippen molar-refractivity contribution in [3.8, 4) is 0 Å². The van der Waals surface area contributed by atoms with E-state index in [2.05, 4.69) is 94.3 Å². The van der Waals surface area contributed by atoms with Crippen LogP contribution in [0.2, 0.25) is 0 Å². The molecule has 29 heavy (non-hydrogen) atoms. The molecule has 2 nitrogen and oxygen atoms in total. The minimum Gasteiger partial charge on any atom is -0.309 e. The number of pyridine rings is 2. The van der Waals surface area contributed by atoms with Gasteiger partial charge in [0.15, 0.2) is 0 Å². The molecule has 0 saturated heterocycles. The van der Waals surface area contributed by atoms with E-state index in [1.807, 2.05) is 12.3 Å². The van der Waals surface area contributed by atoms with Crippen LogP contribution in [0.5, 0.6) is 0 Å². The van der Waals surface area contributed by atoms with Gasteiger partial charge in [0.25, 0.3) is 0 Å². The summed E-state index contributed by atoms with van der Waals surface area (Å²) < 4.78 is 2.42. The lowest BCUT2D eigenvalue weighted by atomic mass is 10.0. The predicted octanol–water partition coefficient (Wildman–Crippen LogP) is 7.10. The summed E-state index contributed by atoms with van der Waals surface area (Å²) in [5.41, 5.74) is 4.77. The summed E-state index contributed by atoms with van der Waals surface area (Å²) in [6, 6.07) is 32.9. The Bertz CT molecular complexity index is 1760. The van der Waals surface area contributed by atoms with Crippen LogP contribution in [-0.4, -0.2) is 9.38 Å². The molecule has 0 aliphatic carbocycles. The average Bonchev–Trinajstić information content (AvgIpc) is 3.19. The zero-order valence-electron chi connectivity index (χ0n) is 15.6. The summed E-state index contributed by atoms with van der Waals surface area (Å²) in [5.74, 6) is 0. The second kappa shape index (κ2) is 5.33. The standard InChI is InChI=1S/C27H16N2/c1-2-8-19-17(6-1)11-12-26-23(19)16-27-22-14-18-7-5-13-28-24(18)15-21(22)20-9-3-4-10-25(20)29(26)27/h1-16H. The van der Waals surface area contributed by atoms with E-state index in [-0.39, 0.29) is 0 Å².